The summed E-state index contributed by atoms with van der Waals surface area (Å²) in [5.74, 6) is 2.23. The van der Waals surface area contributed by atoms with Crippen molar-refractivity contribution in [3.8, 4) is 5.75 Å². The van der Waals surface area contributed by atoms with Crippen LogP contribution in [0.5, 0.6) is 5.75 Å². The highest BCUT2D eigenvalue weighted by atomic mass is 16.5. The van der Waals surface area contributed by atoms with Crippen LogP contribution in [0.4, 0.5) is 0 Å². The van der Waals surface area contributed by atoms with Gasteiger partial charge in [0.2, 0.25) is 0 Å². The number of tetrazole rings is 1. The molecule has 9 heteroatoms. The van der Waals surface area contributed by atoms with Gasteiger partial charge in [0, 0.05) is 23.0 Å². The molecule has 0 radical (unpaired) electrons. The van der Waals surface area contributed by atoms with Crippen LogP contribution < -0.4 is 10.3 Å². The Kier molecular flexibility index (Phi) is 7.21. The summed E-state index contributed by atoms with van der Waals surface area (Å²) in [6, 6.07) is 17.7. The zero-order chi connectivity index (χ0) is 27.6. The highest BCUT2D eigenvalue weighted by Gasteiger charge is 2.34. The summed E-state index contributed by atoms with van der Waals surface area (Å²) >= 11 is 0. The van der Waals surface area contributed by atoms with Crippen LogP contribution in [-0.4, -0.2) is 37.2 Å². The number of nitrogens with zero attached hydrogens (tertiary/aromatic N) is 5. The first-order valence-electron chi connectivity index (χ1n) is 13.8. The standard InChI is InChI=1S/C31H34N6O3/c1-20-14-21(2)26-17-27(31(38)32-28(26)15-20)29(30-33-34-35-37(30)23-9-4-5-10-23)36(19-25-12-7-13-40-25)18-22-8-6-11-24(16-22)39-3/h6-8,11-17,23,29H,4-5,9-10,18-19H2,1-3H3,(H,32,38)/t29-/m0/s1. The number of methoxy groups -OCH3 is 1. The number of hydrogen-bond donors (Lipinski definition) is 1. The molecule has 1 N–H and O–H groups in total. The minimum absolute atomic E-state index is 0.154. The van der Waals surface area contributed by atoms with E-state index in [4.69, 9.17) is 9.15 Å². The molecule has 3 aromatic heterocycles. The zero-order valence-electron chi connectivity index (χ0n) is 23.1. The van der Waals surface area contributed by atoms with E-state index in [1.807, 2.05) is 54.1 Å². The first-order chi connectivity index (χ1) is 19.5. The van der Waals surface area contributed by atoms with Crippen molar-refractivity contribution in [1.29, 1.82) is 0 Å². The minimum atomic E-state index is -0.527. The number of aromatic amines is 1. The van der Waals surface area contributed by atoms with Gasteiger partial charge < -0.3 is 14.1 Å². The fourth-order valence-corrected chi connectivity index (χ4v) is 6.03. The largest absolute Gasteiger partial charge is 0.497 e. The average Bonchev–Trinajstić information content (AvgIpc) is 3.73. The number of H-pyrrole nitrogens is 1. The Balaban J connectivity index is 1.55. The molecule has 0 unspecified atom stereocenters. The second kappa shape index (κ2) is 11.1. The van der Waals surface area contributed by atoms with Gasteiger partial charge >= 0.3 is 0 Å². The smallest absolute Gasteiger partial charge is 0.253 e. The Morgan fingerprint density at radius 1 is 1.10 bits per heavy atom. The first-order valence-corrected chi connectivity index (χ1v) is 13.8. The molecule has 40 heavy (non-hydrogen) atoms. The van der Waals surface area contributed by atoms with Crippen molar-refractivity contribution in [2.45, 2.75) is 64.7 Å². The molecule has 1 aliphatic rings. The Hall–Kier alpha value is -4.24. The first kappa shape index (κ1) is 26.0. The van der Waals surface area contributed by atoms with E-state index in [2.05, 4.69) is 44.5 Å². The number of fused-ring (bicyclic) bond motifs is 1. The zero-order valence-corrected chi connectivity index (χ0v) is 23.1. The molecule has 1 saturated carbocycles. The highest BCUT2D eigenvalue weighted by molar-refractivity contribution is 5.83. The Labute approximate surface area is 232 Å². The monoisotopic (exact) mass is 538 g/mol. The molecule has 0 amide bonds. The molecular weight excluding hydrogens is 504 g/mol. The predicted octanol–water partition coefficient (Wildman–Crippen LogP) is 5.64. The summed E-state index contributed by atoms with van der Waals surface area (Å²) in [6.45, 7) is 5.09. The Morgan fingerprint density at radius 2 is 1.95 bits per heavy atom. The van der Waals surface area contributed by atoms with Crippen LogP contribution in [0.3, 0.4) is 0 Å². The molecule has 0 spiro atoms. The van der Waals surface area contributed by atoms with E-state index in [0.717, 1.165) is 64.8 Å². The number of aryl methyl sites for hydroxylation is 2. The molecular formula is C31H34N6O3. The van der Waals surface area contributed by atoms with Gasteiger partial charge in [-0.15, -0.1) is 5.10 Å². The molecule has 1 fully saturated rings. The lowest BCUT2D eigenvalue weighted by Crippen LogP contribution is -2.35. The summed E-state index contributed by atoms with van der Waals surface area (Å²) in [6.07, 6.45) is 6.00. The maximum absolute atomic E-state index is 13.9. The summed E-state index contributed by atoms with van der Waals surface area (Å²) in [7, 11) is 1.66. The van der Waals surface area contributed by atoms with Gasteiger partial charge in [0.25, 0.3) is 5.56 Å². The van der Waals surface area contributed by atoms with Gasteiger partial charge in [-0.1, -0.05) is 31.0 Å². The molecule has 0 bridgehead atoms. The minimum Gasteiger partial charge on any atom is -0.497 e. The number of furan rings is 1. The van der Waals surface area contributed by atoms with Gasteiger partial charge in [0.05, 0.1) is 26.0 Å². The van der Waals surface area contributed by atoms with Crippen LogP contribution in [0.1, 0.15) is 71.6 Å². The number of ether oxygens (including phenoxy) is 1. The normalized spacial score (nSPS) is 14.8. The number of aromatic nitrogens is 5. The third-order valence-electron chi connectivity index (χ3n) is 7.89. The average molecular weight is 539 g/mol. The number of nitrogens with one attached hydrogen (secondary N) is 1. The van der Waals surface area contributed by atoms with Crippen molar-refractivity contribution < 1.29 is 9.15 Å². The quantitative estimate of drug-likeness (QED) is 0.259. The Bertz CT molecular complexity index is 1670. The van der Waals surface area contributed by atoms with Gasteiger partial charge in [-0.05, 0) is 90.2 Å². The SMILES string of the molecule is COc1cccc(CN(Cc2ccco2)[C@@H](c2cc3c(C)cc(C)cc3[nH]c2=O)c2nnnn2C2CCCC2)c1. The van der Waals surface area contributed by atoms with Crippen molar-refractivity contribution >= 4 is 10.9 Å². The van der Waals surface area contributed by atoms with Crippen LogP contribution in [0.25, 0.3) is 10.9 Å². The molecule has 5 aromatic rings. The van der Waals surface area contributed by atoms with Gasteiger partial charge in [0.1, 0.15) is 17.6 Å². The second-order valence-corrected chi connectivity index (χ2v) is 10.8. The number of hydrogen-bond acceptors (Lipinski definition) is 7. The molecule has 1 atom stereocenters. The van der Waals surface area contributed by atoms with Gasteiger partial charge in [0.15, 0.2) is 5.82 Å². The number of rotatable bonds is 9. The summed E-state index contributed by atoms with van der Waals surface area (Å²) < 4.78 is 13.3. The lowest BCUT2D eigenvalue weighted by atomic mass is 9.99. The molecule has 3 heterocycles. The van der Waals surface area contributed by atoms with Crippen LogP contribution in [0.15, 0.2) is 70.1 Å². The molecule has 6 rings (SSSR count). The van der Waals surface area contributed by atoms with E-state index < -0.39 is 6.04 Å². The van der Waals surface area contributed by atoms with Crippen LogP contribution in [0, 0.1) is 13.8 Å². The molecule has 9 nitrogen and oxygen atoms in total. The van der Waals surface area contributed by atoms with Crippen molar-refractivity contribution in [2.24, 2.45) is 0 Å². The molecule has 206 valence electrons. The lowest BCUT2D eigenvalue weighted by Gasteiger charge is -2.31. The predicted molar refractivity (Wildman–Crippen MR) is 152 cm³/mol. The van der Waals surface area contributed by atoms with Crippen molar-refractivity contribution in [3.63, 3.8) is 0 Å². The van der Waals surface area contributed by atoms with Crippen molar-refractivity contribution in [3.05, 3.63) is 105 Å². The Morgan fingerprint density at radius 3 is 2.73 bits per heavy atom. The van der Waals surface area contributed by atoms with Gasteiger partial charge in [-0.2, -0.15) is 0 Å². The molecule has 0 saturated heterocycles. The number of pyridine rings is 1. The topological polar surface area (TPSA) is 102 Å². The summed E-state index contributed by atoms with van der Waals surface area (Å²) in [5, 5.41) is 14.2. The second-order valence-electron chi connectivity index (χ2n) is 10.8. The third-order valence-corrected chi connectivity index (χ3v) is 7.89. The van der Waals surface area contributed by atoms with Crippen LogP contribution in [-0.2, 0) is 13.1 Å². The molecule has 2 aromatic carbocycles. The van der Waals surface area contributed by atoms with E-state index in [-0.39, 0.29) is 11.6 Å². The van der Waals surface area contributed by atoms with Crippen LogP contribution in [0.2, 0.25) is 0 Å². The van der Waals surface area contributed by atoms with E-state index in [0.29, 0.717) is 24.5 Å². The van der Waals surface area contributed by atoms with E-state index in [1.54, 1.807) is 13.4 Å². The fourth-order valence-electron chi connectivity index (χ4n) is 6.03. The lowest BCUT2D eigenvalue weighted by molar-refractivity contribution is 0.176. The van der Waals surface area contributed by atoms with E-state index >= 15 is 0 Å². The highest BCUT2D eigenvalue weighted by Crippen LogP contribution is 2.35. The van der Waals surface area contributed by atoms with Crippen molar-refractivity contribution in [1.82, 2.24) is 30.1 Å². The van der Waals surface area contributed by atoms with Gasteiger partial charge in [-0.25, -0.2) is 4.68 Å². The van der Waals surface area contributed by atoms with E-state index in [1.165, 1.54) is 0 Å². The van der Waals surface area contributed by atoms with Gasteiger partial charge in [-0.3, -0.25) is 9.69 Å². The maximum atomic E-state index is 13.9. The fraction of sp³-hybridized carbons (Fsp3) is 0.355. The molecule has 1 aliphatic carbocycles. The number of benzene rings is 2. The van der Waals surface area contributed by atoms with Crippen LogP contribution >= 0.6 is 0 Å². The summed E-state index contributed by atoms with van der Waals surface area (Å²) in [4.78, 5) is 19.3. The van der Waals surface area contributed by atoms with Crippen molar-refractivity contribution in [2.75, 3.05) is 7.11 Å². The third kappa shape index (κ3) is 5.16. The maximum Gasteiger partial charge on any atom is 0.253 e. The summed E-state index contributed by atoms with van der Waals surface area (Å²) in [5.41, 5.74) is 4.52. The van der Waals surface area contributed by atoms with E-state index in [9.17, 15) is 4.79 Å². The molecule has 0 aliphatic heterocycles.